The fourth-order valence-electron chi connectivity index (χ4n) is 2.79. The van der Waals surface area contributed by atoms with Gasteiger partial charge < -0.3 is 14.0 Å². The number of rotatable bonds is 8. The second-order valence-electron chi connectivity index (χ2n) is 6.56. The Bertz CT molecular complexity index is 1190. The molecule has 0 spiro atoms. The molecule has 0 bridgehead atoms. The zero-order valence-electron chi connectivity index (χ0n) is 16.9. The van der Waals surface area contributed by atoms with Gasteiger partial charge in [-0.25, -0.2) is 0 Å². The third-order valence-corrected chi connectivity index (χ3v) is 4.97. The average Bonchev–Trinajstić information content (AvgIpc) is 3.43. The molecule has 1 amide bonds. The minimum Gasteiger partial charge on any atom is -0.483 e. The van der Waals surface area contributed by atoms with E-state index < -0.39 is 0 Å². The Hall–Kier alpha value is -3.63. The van der Waals surface area contributed by atoms with Crippen LogP contribution in [0.2, 0.25) is 0 Å². The molecule has 4 rings (SSSR count). The number of carbonyl (C=O) groups is 1. The van der Waals surface area contributed by atoms with E-state index in [1.165, 1.54) is 11.3 Å². The van der Waals surface area contributed by atoms with Gasteiger partial charge in [-0.3, -0.25) is 10.1 Å². The van der Waals surface area contributed by atoms with Crippen molar-refractivity contribution < 1.29 is 18.8 Å². The maximum Gasteiger partial charge on any atom is 0.264 e. The Kier molecular flexibility index (Phi) is 6.29. The molecule has 9 nitrogen and oxygen atoms in total. The van der Waals surface area contributed by atoms with Crippen LogP contribution in [-0.4, -0.2) is 40.0 Å². The van der Waals surface area contributed by atoms with E-state index in [-0.39, 0.29) is 12.5 Å². The van der Waals surface area contributed by atoms with E-state index in [0.29, 0.717) is 39.8 Å². The van der Waals surface area contributed by atoms with Crippen molar-refractivity contribution >= 4 is 22.4 Å². The Morgan fingerprint density at radius 3 is 2.87 bits per heavy atom. The van der Waals surface area contributed by atoms with E-state index in [9.17, 15) is 4.79 Å². The molecule has 10 heteroatoms. The van der Waals surface area contributed by atoms with Crippen molar-refractivity contribution in [3.05, 3.63) is 59.1 Å². The van der Waals surface area contributed by atoms with Crippen molar-refractivity contribution in [2.24, 2.45) is 0 Å². The van der Waals surface area contributed by atoms with Crippen LogP contribution in [0.1, 0.15) is 10.6 Å². The molecule has 2 aromatic heterocycles. The molecule has 2 aromatic carbocycles. The summed E-state index contributed by atoms with van der Waals surface area (Å²) in [6, 6.07) is 15.0. The number of amides is 1. The fourth-order valence-corrected chi connectivity index (χ4v) is 3.52. The lowest BCUT2D eigenvalue weighted by Crippen LogP contribution is -2.20. The van der Waals surface area contributed by atoms with Crippen LogP contribution in [0.25, 0.3) is 22.8 Å². The lowest BCUT2D eigenvalue weighted by molar-refractivity contribution is -0.118. The van der Waals surface area contributed by atoms with Gasteiger partial charge in [0.05, 0.1) is 5.56 Å². The van der Waals surface area contributed by atoms with Crippen LogP contribution in [0.4, 0.5) is 5.13 Å². The lowest BCUT2D eigenvalue weighted by atomic mass is 10.1. The lowest BCUT2D eigenvalue weighted by Gasteiger charge is -2.08. The molecule has 4 aromatic rings. The number of benzene rings is 2. The number of nitrogens with one attached hydrogen (secondary N) is 1. The summed E-state index contributed by atoms with van der Waals surface area (Å²) in [5, 5.41) is 15.6. The third-order valence-electron chi connectivity index (χ3n) is 4.16. The third kappa shape index (κ3) is 5.11. The van der Waals surface area contributed by atoms with Crippen LogP contribution in [0, 0.1) is 6.92 Å². The van der Waals surface area contributed by atoms with E-state index in [4.69, 9.17) is 14.0 Å². The van der Waals surface area contributed by atoms with Crippen molar-refractivity contribution in [1.82, 2.24) is 20.3 Å². The molecule has 0 aliphatic carbocycles. The SMILES string of the molecule is COCc1nnc(NC(=O)COc2ccccc2-c2nc(-c3cccc(C)c3)no2)s1. The first-order valence-corrected chi connectivity index (χ1v) is 10.2. The van der Waals surface area contributed by atoms with E-state index in [2.05, 4.69) is 25.7 Å². The van der Waals surface area contributed by atoms with Gasteiger partial charge in [-0.2, -0.15) is 4.98 Å². The molecule has 158 valence electrons. The zero-order valence-corrected chi connectivity index (χ0v) is 17.7. The minimum atomic E-state index is -0.360. The van der Waals surface area contributed by atoms with Crippen molar-refractivity contribution in [1.29, 1.82) is 0 Å². The standard InChI is InChI=1S/C21H19N5O4S/c1-13-6-5-7-14(10-13)19-23-20(30-26-19)15-8-3-4-9-16(15)29-11-17(27)22-21-25-24-18(31-21)12-28-2/h3-10H,11-12H2,1-2H3,(H,22,25,27). The second-order valence-corrected chi connectivity index (χ2v) is 7.62. The number of aryl methyl sites for hydroxylation is 1. The molecule has 0 fully saturated rings. The molecule has 1 N–H and O–H groups in total. The molecule has 0 atom stereocenters. The molecule has 31 heavy (non-hydrogen) atoms. The predicted octanol–water partition coefficient (Wildman–Crippen LogP) is 3.73. The number of carbonyl (C=O) groups excluding carboxylic acids is 1. The van der Waals surface area contributed by atoms with Gasteiger partial charge >= 0.3 is 0 Å². The van der Waals surface area contributed by atoms with Gasteiger partial charge in [-0.1, -0.05) is 52.4 Å². The smallest absolute Gasteiger partial charge is 0.264 e. The molecular weight excluding hydrogens is 418 g/mol. The van der Waals surface area contributed by atoms with Gasteiger partial charge in [-0.15, -0.1) is 10.2 Å². The van der Waals surface area contributed by atoms with Crippen LogP contribution in [0.5, 0.6) is 5.75 Å². The van der Waals surface area contributed by atoms with Crippen LogP contribution in [0.3, 0.4) is 0 Å². The summed E-state index contributed by atoms with van der Waals surface area (Å²) >= 11 is 1.24. The van der Waals surface area contributed by atoms with Crippen molar-refractivity contribution in [3.63, 3.8) is 0 Å². The van der Waals surface area contributed by atoms with Gasteiger partial charge in [0, 0.05) is 12.7 Å². The molecule has 0 unspecified atom stereocenters. The highest BCUT2D eigenvalue weighted by Gasteiger charge is 2.16. The van der Waals surface area contributed by atoms with Gasteiger partial charge in [0.1, 0.15) is 17.4 Å². The van der Waals surface area contributed by atoms with Crippen molar-refractivity contribution in [2.75, 3.05) is 19.0 Å². The number of anilines is 1. The number of aromatic nitrogens is 4. The average molecular weight is 437 g/mol. The molecule has 0 saturated heterocycles. The summed E-state index contributed by atoms with van der Waals surface area (Å²) in [7, 11) is 1.57. The summed E-state index contributed by atoms with van der Waals surface area (Å²) < 4.78 is 16.1. The van der Waals surface area contributed by atoms with Crippen LogP contribution < -0.4 is 10.1 Å². The van der Waals surface area contributed by atoms with Gasteiger partial charge in [0.25, 0.3) is 11.8 Å². The molecule has 2 heterocycles. The monoisotopic (exact) mass is 437 g/mol. The molecule has 0 saturated carbocycles. The quantitative estimate of drug-likeness (QED) is 0.444. The zero-order chi connectivity index (χ0) is 21.6. The number of nitrogens with zero attached hydrogens (tertiary/aromatic N) is 4. The van der Waals surface area contributed by atoms with Crippen LogP contribution in [0.15, 0.2) is 53.1 Å². The topological polar surface area (TPSA) is 112 Å². The summed E-state index contributed by atoms with van der Waals surface area (Å²) in [5.41, 5.74) is 2.56. The van der Waals surface area contributed by atoms with E-state index in [1.54, 1.807) is 25.3 Å². The normalized spacial score (nSPS) is 10.8. The molecule has 0 radical (unpaired) electrons. The summed E-state index contributed by atoms with van der Waals surface area (Å²) in [4.78, 5) is 16.7. The highest BCUT2D eigenvalue weighted by molar-refractivity contribution is 7.15. The number of para-hydroxylation sites is 1. The van der Waals surface area contributed by atoms with E-state index >= 15 is 0 Å². The minimum absolute atomic E-state index is 0.213. The molecule has 0 aliphatic heterocycles. The first kappa shape index (κ1) is 20.6. The Labute approximate surface area is 182 Å². The van der Waals surface area contributed by atoms with Crippen LogP contribution >= 0.6 is 11.3 Å². The molecular formula is C21H19N5O4S. The van der Waals surface area contributed by atoms with Gasteiger partial charge in [0.15, 0.2) is 6.61 Å². The second kappa shape index (κ2) is 9.45. The first-order valence-electron chi connectivity index (χ1n) is 9.36. The summed E-state index contributed by atoms with van der Waals surface area (Å²) in [6.45, 7) is 2.13. The summed E-state index contributed by atoms with van der Waals surface area (Å²) in [5.74, 6) is 0.880. The van der Waals surface area contributed by atoms with Gasteiger partial charge in [0.2, 0.25) is 11.0 Å². The largest absolute Gasteiger partial charge is 0.483 e. The number of ether oxygens (including phenoxy) is 2. The van der Waals surface area contributed by atoms with E-state index in [1.807, 2.05) is 37.3 Å². The number of hydrogen-bond acceptors (Lipinski definition) is 9. The van der Waals surface area contributed by atoms with Crippen molar-refractivity contribution in [2.45, 2.75) is 13.5 Å². The first-order chi connectivity index (χ1) is 15.1. The maximum absolute atomic E-state index is 12.2. The summed E-state index contributed by atoms with van der Waals surface area (Å²) in [6.07, 6.45) is 0. The van der Waals surface area contributed by atoms with E-state index in [0.717, 1.165) is 11.1 Å². The highest BCUT2D eigenvalue weighted by atomic mass is 32.1. The number of methoxy groups -OCH3 is 1. The highest BCUT2D eigenvalue weighted by Crippen LogP contribution is 2.30. The van der Waals surface area contributed by atoms with Crippen LogP contribution in [-0.2, 0) is 16.1 Å². The number of hydrogen-bond donors (Lipinski definition) is 1. The molecule has 0 aliphatic rings. The van der Waals surface area contributed by atoms with Gasteiger partial charge in [-0.05, 0) is 25.1 Å². The fraction of sp³-hybridized carbons (Fsp3) is 0.190. The Morgan fingerprint density at radius 1 is 1.16 bits per heavy atom. The van der Waals surface area contributed by atoms with Crippen molar-refractivity contribution in [3.8, 4) is 28.6 Å². The predicted molar refractivity (Wildman–Crippen MR) is 115 cm³/mol. The Morgan fingerprint density at radius 2 is 2.03 bits per heavy atom. The maximum atomic E-state index is 12.2. The Balaban J connectivity index is 1.44.